The Bertz CT molecular complexity index is 781. The Labute approximate surface area is 135 Å². The minimum Gasteiger partial charge on any atom is -0.254 e. The fourth-order valence-corrected chi connectivity index (χ4v) is 2.62. The lowest BCUT2D eigenvalue weighted by Gasteiger charge is -2.24. The molecule has 0 bridgehead atoms. The SMILES string of the molecule is Cc1ccc(C2CC(C(F)(F)F)=NN2c2ccc(F)cc2F)cc1. The van der Waals surface area contributed by atoms with Crippen LogP contribution in [0.4, 0.5) is 27.6 Å². The van der Waals surface area contributed by atoms with E-state index in [-0.39, 0.29) is 5.69 Å². The first-order valence-electron chi connectivity index (χ1n) is 7.21. The molecule has 1 unspecified atom stereocenters. The van der Waals surface area contributed by atoms with Crippen LogP contribution in [-0.4, -0.2) is 11.9 Å². The van der Waals surface area contributed by atoms with Crippen molar-refractivity contribution in [1.82, 2.24) is 0 Å². The molecule has 0 fully saturated rings. The fourth-order valence-electron chi connectivity index (χ4n) is 2.62. The highest BCUT2D eigenvalue weighted by Crippen LogP contribution is 2.40. The van der Waals surface area contributed by atoms with Crippen LogP contribution in [0.3, 0.4) is 0 Å². The third-order valence-electron chi connectivity index (χ3n) is 3.86. The summed E-state index contributed by atoms with van der Waals surface area (Å²) in [4.78, 5) is 0. The first-order chi connectivity index (χ1) is 11.3. The van der Waals surface area contributed by atoms with E-state index in [4.69, 9.17) is 0 Å². The van der Waals surface area contributed by atoms with E-state index < -0.39 is 36.0 Å². The largest absolute Gasteiger partial charge is 0.431 e. The van der Waals surface area contributed by atoms with Gasteiger partial charge in [-0.2, -0.15) is 18.3 Å². The standard InChI is InChI=1S/C17H13F5N2/c1-10-2-4-11(5-3-10)15-9-16(17(20,21)22)23-24(15)14-7-6-12(18)8-13(14)19/h2-8,15H,9H2,1H3. The molecule has 2 aromatic carbocycles. The van der Waals surface area contributed by atoms with Gasteiger partial charge in [0.1, 0.15) is 11.5 Å². The van der Waals surface area contributed by atoms with Gasteiger partial charge < -0.3 is 0 Å². The highest BCUT2D eigenvalue weighted by molar-refractivity contribution is 5.93. The maximum absolute atomic E-state index is 14.0. The molecule has 2 nitrogen and oxygen atoms in total. The molecule has 0 spiro atoms. The number of hydrogen-bond donors (Lipinski definition) is 0. The summed E-state index contributed by atoms with van der Waals surface area (Å²) in [5.74, 6) is -1.76. The summed E-state index contributed by atoms with van der Waals surface area (Å²) >= 11 is 0. The lowest BCUT2D eigenvalue weighted by Crippen LogP contribution is -2.21. The summed E-state index contributed by atoms with van der Waals surface area (Å²) in [6.07, 6.45) is -5.00. The lowest BCUT2D eigenvalue weighted by molar-refractivity contribution is -0.0600. The van der Waals surface area contributed by atoms with Gasteiger partial charge in [0.25, 0.3) is 0 Å². The molecule has 0 saturated carbocycles. The highest BCUT2D eigenvalue weighted by atomic mass is 19.4. The Morgan fingerprint density at radius 1 is 1.04 bits per heavy atom. The second kappa shape index (κ2) is 5.89. The number of hydrogen-bond acceptors (Lipinski definition) is 2. The van der Waals surface area contributed by atoms with Gasteiger partial charge in [0.2, 0.25) is 0 Å². The minimum atomic E-state index is -4.60. The Kier molecular flexibility index (Phi) is 4.03. The van der Waals surface area contributed by atoms with Crippen LogP contribution in [-0.2, 0) is 0 Å². The molecule has 126 valence electrons. The predicted molar refractivity (Wildman–Crippen MR) is 80.9 cm³/mol. The molecule has 0 saturated heterocycles. The van der Waals surface area contributed by atoms with Crippen LogP contribution in [0.25, 0.3) is 0 Å². The van der Waals surface area contributed by atoms with Crippen molar-refractivity contribution in [3.8, 4) is 0 Å². The maximum Gasteiger partial charge on any atom is 0.431 e. The number of halogens is 5. The molecule has 0 aromatic heterocycles. The number of nitrogens with zero attached hydrogens (tertiary/aromatic N) is 2. The van der Waals surface area contributed by atoms with E-state index in [9.17, 15) is 22.0 Å². The maximum atomic E-state index is 14.0. The van der Waals surface area contributed by atoms with Gasteiger partial charge in [0, 0.05) is 12.5 Å². The fraction of sp³-hybridized carbons (Fsp3) is 0.235. The second-order valence-electron chi connectivity index (χ2n) is 5.62. The first-order valence-corrected chi connectivity index (χ1v) is 7.21. The summed E-state index contributed by atoms with van der Waals surface area (Å²) in [7, 11) is 0. The summed E-state index contributed by atoms with van der Waals surface area (Å²) in [6.45, 7) is 1.85. The molecule has 3 rings (SSSR count). The summed E-state index contributed by atoms with van der Waals surface area (Å²) in [6, 6.07) is 8.80. The molecular formula is C17H13F5N2. The van der Waals surface area contributed by atoms with Gasteiger partial charge in [-0.1, -0.05) is 29.8 Å². The van der Waals surface area contributed by atoms with E-state index in [1.54, 1.807) is 24.3 Å². The third kappa shape index (κ3) is 3.11. The average Bonchev–Trinajstić information content (AvgIpc) is 2.93. The Morgan fingerprint density at radius 3 is 2.29 bits per heavy atom. The van der Waals surface area contributed by atoms with E-state index in [1.165, 1.54) is 0 Å². The van der Waals surface area contributed by atoms with Gasteiger partial charge in [0.05, 0.1) is 11.7 Å². The minimum absolute atomic E-state index is 0.193. The van der Waals surface area contributed by atoms with Crippen LogP contribution >= 0.6 is 0 Å². The van der Waals surface area contributed by atoms with Crippen LogP contribution in [0.15, 0.2) is 47.6 Å². The molecule has 1 heterocycles. The van der Waals surface area contributed by atoms with Crippen molar-refractivity contribution >= 4 is 11.4 Å². The topological polar surface area (TPSA) is 15.6 Å². The number of aryl methyl sites for hydroxylation is 1. The molecule has 1 aliphatic rings. The molecule has 7 heteroatoms. The molecular weight excluding hydrogens is 327 g/mol. The van der Waals surface area contributed by atoms with Gasteiger partial charge in [-0.25, -0.2) is 8.78 Å². The van der Waals surface area contributed by atoms with Gasteiger partial charge in [-0.3, -0.25) is 5.01 Å². The zero-order valence-corrected chi connectivity index (χ0v) is 12.6. The molecule has 0 amide bonds. The van der Waals surface area contributed by atoms with E-state index in [2.05, 4.69) is 5.10 Å². The molecule has 1 aliphatic heterocycles. The normalized spacial score (nSPS) is 18.0. The van der Waals surface area contributed by atoms with Crippen molar-refractivity contribution in [2.45, 2.75) is 25.6 Å². The molecule has 2 aromatic rings. The smallest absolute Gasteiger partial charge is 0.254 e. The lowest BCUT2D eigenvalue weighted by atomic mass is 10.00. The number of benzene rings is 2. The van der Waals surface area contributed by atoms with Crippen molar-refractivity contribution in [3.05, 3.63) is 65.2 Å². The predicted octanol–water partition coefficient (Wildman–Crippen LogP) is 5.14. The summed E-state index contributed by atoms with van der Waals surface area (Å²) < 4.78 is 66.3. The van der Waals surface area contributed by atoms with E-state index in [0.29, 0.717) is 11.6 Å². The number of anilines is 1. The van der Waals surface area contributed by atoms with Crippen molar-refractivity contribution in [3.63, 3.8) is 0 Å². The van der Waals surface area contributed by atoms with Crippen molar-refractivity contribution in [2.24, 2.45) is 5.10 Å². The van der Waals surface area contributed by atoms with Crippen LogP contribution in [0, 0.1) is 18.6 Å². The first kappa shape index (κ1) is 16.4. The summed E-state index contributed by atoms with van der Waals surface area (Å²) in [5, 5.41) is 4.54. The zero-order valence-electron chi connectivity index (χ0n) is 12.6. The quantitative estimate of drug-likeness (QED) is 0.691. The van der Waals surface area contributed by atoms with Crippen LogP contribution < -0.4 is 5.01 Å². The Hall–Kier alpha value is -2.44. The van der Waals surface area contributed by atoms with Gasteiger partial charge in [0.15, 0.2) is 5.82 Å². The van der Waals surface area contributed by atoms with Crippen LogP contribution in [0.1, 0.15) is 23.6 Å². The summed E-state index contributed by atoms with van der Waals surface area (Å²) in [5.41, 5.74) is 0.346. The number of alkyl halides is 3. The van der Waals surface area contributed by atoms with Gasteiger partial charge >= 0.3 is 6.18 Å². The van der Waals surface area contributed by atoms with Crippen LogP contribution in [0.5, 0.6) is 0 Å². The number of hydrazone groups is 1. The Morgan fingerprint density at radius 2 is 1.71 bits per heavy atom. The van der Waals surface area contributed by atoms with E-state index in [1.807, 2.05) is 6.92 Å². The molecule has 0 radical (unpaired) electrons. The van der Waals surface area contributed by atoms with Crippen molar-refractivity contribution in [1.29, 1.82) is 0 Å². The monoisotopic (exact) mass is 340 g/mol. The average molecular weight is 340 g/mol. The van der Waals surface area contributed by atoms with Gasteiger partial charge in [-0.15, -0.1) is 0 Å². The Balaban J connectivity index is 2.06. The number of rotatable bonds is 2. The van der Waals surface area contributed by atoms with E-state index in [0.717, 1.165) is 22.7 Å². The van der Waals surface area contributed by atoms with Crippen molar-refractivity contribution in [2.75, 3.05) is 5.01 Å². The van der Waals surface area contributed by atoms with Gasteiger partial charge in [-0.05, 0) is 24.6 Å². The van der Waals surface area contributed by atoms with Crippen LogP contribution in [0.2, 0.25) is 0 Å². The highest BCUT2D eigenvalue weighted by Gasteiger charge is 2.44. The zero-order chi connectivity index (χ0) is 17.5. The molecule has 0 aliphatic carbocycles. The van der Waals surface area contributed by atoms with E-state index >= 15 is 0 Å². The van der Waals surface area contributed by atoms with Crippen molar-refractivity contribution < 1.29 is 22.0 Å². The molecule has 1 atom stereocenters. The molecule has 24 heavy (non-hydrogen) atoms. The second-order valence-corrected chi connectivity index (χ2v) is 5.62. The molecule has 0 N–H and O–H groups in total. The third-order valence-corrected chi connectivity index (χ3v) is 3.86.